The topological polar surface area (TPSA) is 58.1 Å². The molecule has 0 spiro atoms. The normalized spacial score (nSPS) is 19.4. The molecule has 1 aromatic rings. The second kappa shape index (κ2) is 5.62. The molecule has 2 rings (SSSR count). The maximum absolute atomic E-state index is 11.7. The predicted molar refractivity (Wildman–Crippen MR) is 70.3 cm³/mol. The van der Waals surface area contributed by atoms with Crippen molar-refractivity contribution < 1.29 is 4.79 Å². The van der Waals surface area contributed by atoms with E-state index < -0.39 is 0 Å². The molecule has 0 aliphatic carbocycles. The lowest BCUT2D eigenvalue weighted by Gasteiger charge is -2.32. The van der Waals surface area contributed by atoms with E-state index in [9.17, 15) is 4.79 Å². The van der Waals surface area contributed by atoms with E-state index in [-0.39, 0.29) is 11.8 Å². The molecule has 1 fully saturated rings. The lowest BCUT2D eigenvalue weighted by atomic mass is 9.94. The van der Waals surface area contributed by atoms with Crippen LogP contribution in [0.15, 0.2) is 25.0 Å². The van der Waals surface area contributed by atoms with Gasteiger partial charge in [-0.2, -0.15) is 0 Å². The van der Waals surface area contributed by atoms with Gasteiger partial charge in [-0.3, -0.25) is 9.78 Å². The molecule has 1 saturated heterocycles. The molecule has 96 valence electrons. The summed E-state index contributed by atoms with van der Waals surface area (Å²) in [4.78, 5) is 22.2. The minimum atomic E-state index is -0.00500. The number of nitrogens with zero attached hydrogens (tertiary/aromatic N) is 3. The van der Waals surface area contributed by atoms with Crippen LogP contribution >= 0.6 is 0 Å². The maximum Gasteiger partial charge on any atom is 0.245 e. The van der Waals surface area contributed by atoms with Gasteiger partial charge in [0.15, 0.2) is 0 Å². The molecule has 0 bridgehead atoms. The lowest BCUT2D eigenvalue weighted by molar-refractivity contribution is -0.127. The summed E-state index contributed by atoms with van der Waals surface area (Å²) >= 11 is 0. The van der Waals surface area contributed by atoms with Crippen LogP contribution in [0.3, 0.4) is 0 Å². The van der Waals surface area contributed by atoms with Crippen molar-refractivity contribution in [3.8, 4) is 0 Å². The van der Waals surface area contributed by atoms with Gasteiger partial charge >= 0.3 is 0 Å². The molecule has 1 aromatic heterocycles. The molecule has 1 N–H and O–H groups in total. The summed E-state index contributed by atoms with van der Waals surface area (Å²) in [5.41, 5.74) is 0.946. The van der Waals surface area contributed by atoms with Crippen LogP contribution in [0, 0.1) is 0 Å². The summed E-state index contributed by atoms with van der Waals surface area (Å²) in [6.45, 7) is 5.03. The molecule has 1 aliphatic rings. The van der Waals surface area contributed by atoms with Crippen molar-refractivity contribution in [3.05, 3.63) is 30.7 Å². The Bertz CT molecular complexity index is 446. The molecule has 1 unspecified atom stereocenters. The number of anilines is 1. The van der Waals surface area contributed by atoms with Crippen LogP contribution in [0.1, 0.15) is 24.5 Å². The summed E-state index contributed by atoms with van der Waals surface area (Å²) in [5.74, 6) is 1.05. The van der Waals surface area contributed by atoms with E-state index in [1.165, 1.54) is 6.08 Å². The first-order chi connectivity index (χ1) is 8.76. The van der Waals surface area contributed by atoms with E-state index >= 15 is 0 Å². The number of amides is 1. The second-order valence-corrected chi connectivity index (χ2v) is 4.37. The smallest absolute Gasteiger partial charge is 0.245 e. The SMILES string of the molecule is C=CC(=O)N1CCCC(c2nccnc2NC)C1. The Morgan fingerprint density at radius 1 is 1.56 bits per heavy atom. The molecule has 0 radical (unpaired) electrons. The van der Waals surface area contributed by atoms with Crippen LogP contribution < -0.4 is 5.32 Å². The third kappa shape index (κ3) is 2.50. The highest BCUT2D eigenvalue weighted by molar-refractivity contribution is 5.87. The molecule has 18 heavy (non-hydrogen) atoms. The van der Waals surface area contributed by atoms with Crippen molar-refractivity contribution in [3.63, 3.8) is 0 Å². The maximum atomic E-state index is 11.7. The van der Waals surface area contributed by atoms with Crippen molar-refractivity contribution in [2.45, 2.75) is 18.8 Å². The van der Waals surface area contributed by atoms with Gasteiger partial charge in [0, 0.05) is 38.4 Å². The number of carbonyl (C=O) groups is 1. The third-order valence-corrected chi connectivity index (χ3v) is 3.26. The molecule has 0 aromatic carbocycles. The second-order valence-electron chi connectivity index (χ2n) is 4.37. The lowest BCUT2D eigenvalue weighted by Crippen LogP contribution is -2.38. The zero-order valence-corrected chi connectivity index (χ0v) is 10.6. The number of hydrogen-bond donors (Lipinski definition) is 1. The van der Waals surface area contributed by atoms with Crippen LogP contribution in [0.25, 0.3) is 0 Å². The van der Waals surface area contributed by atoms with Crippen LogP contribution in [0.4, 0.5) is 5.82 Å². The van der Waals surface area contributed by atoms with Crippen LogP contribution in [0.2, 0.25) is 0 Å². The standard InChI is InChI=1S/C13H18N4O/c1-3-11(18)17-8-4-5-10(9-17)12-13(14-2)16-7-6-15-12/h3,6-7,10H,1,4-5,8-9H2,2H3,(H,14,16). The van der Waals surface area contributed by atoms with Crippen molar-refractivity contribution in [2.75, 3.05) is 25.5 Å². The van der Waals surface area contributed by atoms with Gasteiger partial charge < -0.3 is 10.2 Å². The van der Waals surface area contributed by atoms with Gasteiger partial charge in [0.05, 0.1) is 5.69 Å². The summed E-state index contributed by atoms with van der Waals surface area (Å²) in [6.07, 6.45) is 6.77. The van der Waals surface area contributed by atoms with E-state index in [4.69, 9.17) is 0 Å². The van der Waals surface area contributed by atoms with E-state index in [2.05, 4.69) is 21.9 Å². The summed E-state index contributed by atoms with van der Waals surface area (Å²) in [5, 5.41) is 3.05. The first-order valence-corrected chi connectivity index (χ1v) is 6.16. The van der Waals surface area contributed by atoms with Crippen molar-refractivity contribution in [1.29, 1.82) is 0 Å². The largest absolute Gasteiger partial charge is 0.372 e. The minimum absolute atomic E-state index is 0.00500. The molecular weight excluding hydrogens is 228 g/mol. The molecule has 1 amide bonds. The minimum Gasteiger partial charge on any atom is -0.372 e. The van der Waals surface area contributed by atoms with E-state index in [0.29, 0.717) is 6.54 Å². The van der Waals surface area contributed by atoms with Gasteiger partial charge in [-0.05, 0) is 18.9 Å². The fraction of sp³-hybridized carbons (Fsp3) is 0.462. The molecule has 5 heteroatoms. The van der Waals surface area contributed by atoms with Crippen molar-refractivity contribution in [2.24, 2.45) is 0 Å². The molecule has 1 atom stereocenters. The molecule has 2 heterocycles. The fourth-order valence-corrected chi connectivity index (χ4v) is 2.37. The van der Waals surface area contributed by atoms with Gasteiger partial charge in [0.25, 0.3) is 0 Å². The van der Waals surface area contributed by atoms with Crippen LogP contribution in [-0.4, -0.2) is 40.9 Å². The molecule has 1 aliphatic heterocycles. The highest BCUT2D eigenvalue weighted by Crippen LogP contribution is 2.28. The Labute approximate surface area is 107 Å². The van der Waals surface area contributed by atoms with Gasteiger partial charge in [0.2, 0.25) is 5.91 Å². The highest BCUT2D eigenvalue weighted by Gasteiger charge is 2.26. The monoisotopic (exact) mass is 246 g/mol. The van der Waals surface area contributed by atoms with Crippen molar-refractivity contribution >= 4 is 11.7 Å². The molecule has 0 saturated carbocycles. The number of piperidine rings is 1. The summed E-state index contributed by atoms with van der Waals surface area (Å²) in [7, 11) is 1.84. The van der Waals surface area contributed by atoms with E-state index in [1.807, 2.05) is 11.9 Å². The Hall–Kier alpha value is -1.91. The predicted octanol–water partition coefficient (Wildman–Crippen LogP) is 1.41. The number of hydrogen-bond acceptors (Lipinski definition) is 4. The highest BCUT2D eigenvalue weighted by atomic mass is 16.2. The van der Waals surface area contributed by atoms with Crippen LogP contribution in [0.5, 0.6) is 0 Å². The molecular formula is C13H18N4O. The Morgan fingerprint density at radius 3 is 3.06 bits per heavy atom. The number of nitrogens with one attached hydrogen (secondary N) is 1. The number of carbonyl (C=O) groups excluding carboxylic acids is 1. The fourth-order valence-electron chi connectivity index (χ4n) is 2.37. The first kappa shape index (κ1) is 12.5. The van der Waals surface area contributed by atoms with Gasteiger partial charge in [0.1, 0.15) is 5.82 Å². The van der Waals surface area contributed by atoms with E-state index in [0.717, 1.165) is 30.9 Å². The zero-order valence-electron chi connectivity index (χ0n) is 10.6. The average Bonchev–Trinajstić information content (AvgIpc) is 2.46. The van der Waals surface area contributed by atoms with Gasteiger partial charge in [-0.25, -0.2) is 4.98 Å². The zero-order chi connectivity index (χ0) is 13.0. The number of aromatic nitrogens is 2. The first-order valence-electron chi connectivity index (χ1n) is 6.16. The Balaban J connectivity index is 2.17. The summed E-state index contributed by atoms with van der Waals surface area (Å²) in [6, 6.07) is 0. The Kier molecular flexibility index (Phi) is 3.92. The van der Waals surface area contributed by atoms with Gasteiger partial charge in [-0.1, -0.05) is 6.58 Å². The summed E-state index contributed by atoms with van der Waals surface area (Å²) < 4.78 is 0. The number of likely N-dealkylation sites (tertiary alicyclic amines) is 1. The van der Waals surface area contributed by atoms with Crippen molar-refractivity contribution in [1.82, 2.24) is 14.9 Å². The molecule has 5 nitrogen and oxygen atoms in total. The van der Waals surface area contributed by atoms with Gasteiger partial charge in [-0.15, -0.1) is 0 Å². The third-order valence-electron chi connectivity index (χ3n) is 3.26. The quantitative estimate of drug-likeness (QED) is 0.819. The van der Waals surface area contributed by atoms with E-state index in [1.54, 1.807) is 12.4 Å². The van der Waals surface area contributed by atoms with Crippen LogP contribution in [-0.2, 0) is 4.79 Å². The number of rotatable bonds is 3. The average molecular weight is 246 g/mol. The Morgan fingerprint density at radius 2 is 2.33 bits per heavy atom.